The van der Waals surface area contributed by atoms with Gasteiger partial charge in [-0.2, -0.15) is 12.1 Å². The van der Waals surface area contributed by atoms with Gasteiger partial charge in [-0.05, 0) is 36.3 Å². The Bertz CT molecular complexity index is 1730. The van der Waals surface area contributed by atoms with E-state index in [4.69, 9.17) is 0 Å². The van der Waals surface area contributed by atoms with E-state index in [1.165, 1.54) is 103 Å². The number of hydrogen-bond acceptors (Lipinski definition) is 0. The number of rotatable bonds is 3. The van der Waals surface area contributed by atoms with Crippen molar-refractivity contribution in [1.29, 1.82) is 0 Å². The van der Waals surface area contributed by atoms with E-state index < -0.39 is 0 Å². The molecule has 1 aliphatic carbocycles. The first kappa shape index (κ1) is 39.5. The van der Waals surface area contributed by atoms with Crippen LogP contribution in [-0.2, 0) is 23.3 Å². The molecule has 0 amide bonds. The first-order chi connectivity index (χ1) is 19.7. The van der Waals surface area contributed by atoms with Gasteiger partial charge >= 0.3 is 30.2 Å². The fourth-order valence-electron chi connectivity index (χ4n) is 5.92. The molecule has 1 aliphatic rings. The summed E-state index contributed by atoms with van der Waals surface area (Å²) in [5.41, 5.74) is 9.49. The quantitative estimate of drug-likeness (QED) is 0.0973. The summed E-state index contributed by atoms with van der Waals surface area (Å²) in [6, 6.07) is 41.8. The third-order valence-corrected chi connectivity index (χ3v) is 7.93. The van der Waals surface area contributed by atoms with Crippen LogP contribution >= 0.6 is 24.8 Å². The van der Waals surface area contributed by atoms with Crippen molar-refractivity contribution in [2.45, 2.75) is 39.0 Å². The summed E-state index contributed by atoms with van der Waals surface area (Å²) >= 11 is 1.36. The Hall–Kier alpha value is -2.48. The molecule has 2 radical (unpaired) electrons. The van der Waals surface area contributed by atoms with Crippen LogP contribution in [0.5, 0.6) is 0 Å². The minimum absolute atomic E-state index is 0. The minimum atomic E-state index is 0. The molecule has 1 unspecified atom stereocenters. The van der Waals surface area contributed by atoms with Gasteiger partial charge in [-0.15, -0.1) is 93.4 Å². The van der Waals surface area contributed by atoms with Crippen molar-refractivity contribution in [2.24, 2.45) is 0 Å². The Labute approximate surface area is 294 Å². The van der Waals surface area contributed by atoms with Crippen LogP contribution < -0.4 is 0 Å². The normalized spacial score (nSPS) is 13.0. The second-order valence-corrected chi connectivity index (χ2v) is 10.6. The number of hydrogen-bond donors (Lipinski definition) is 0. The Morgan fingerprint density at radius 2 is 1.27 bits per heavy atom. The number of allylic oxidation sites excluding steroid dienone is 2. The van der Waals surface area contributed by atoms with E-state index in [9.17, 15) is 0 Å². The maximum absolute atomic E-state index is 3.06. The second-order valence-electron chi connectivity index (χ2n) is 10.6. The molecule has 6 aromatic rings. The summed E-state index contributed by atoms with van der Waals surface area (Å²) in [6.45, 7) is 7.40. The molecule has 0 aliphatic heterocycles. The van der Waals surface area contributed by atoms with Crippen LogP contribution in [0.15, 0.2) is 127 Å². The predicted molar refractivity (Wildman–Crippen MR) is 198 cm³/mol. The molecule has 0 fully saturated rings. The molecule has 0 saturated heterocycles. The third-order valence-electron chi connectivity index (χ3n) is 7.93. The molecular weight excluding hydrogens is 671 g/mol. The van der Waals surface area contributed by atoms with E-state index in [1.54, 1.807) is 0 Å². The number of fused-ring (bicyclic) bond motifs is 2. The Morgan fingerprint density at radius 3 is 1.86 bits per heavy atom. The van der Waals surface area contributed by atoms with Crippen molar-refractivity contribution >= 4 is 53.2 Å². The summed E-state index contributed by atoms with van der Waals surface area (Å²) in [5, 5.41) is 5.52. The van der Waals surface area contributed by atoms with Gasteiger partial charge in [0.05, 0.1) is 0 Å². The molecule has 4 heteroatoms. The number of halogens is 2. The van der Waals surface area contributed by atoms with E-state index in [1.807, 2.05) is 0 Å². The summed E-state index contributed by atoms with van der Waals surface area (Å²) in [7, 11) is 0. The van der Waals surface area contributed by atoms with Gasteiger partial charge in [0.2, 0.25) is 0 Å². The molecule has 44 heavy (non-hydrogen) atoms. The SMILES string of the molecule is C1=CCC(c2cc3c(-c4ccccc4)cccc3[cH-]2)CC1.Cc1cc2c(-c3ccccc3)ccc(C)c2[cH-]1.Cl.Cl.[CH3-].[CH3-].[Si]=[Zr]. The van der Waals surface area contributed by atoms with E-state index in [0.717, 1.165) is 0 Å². The standard InChI is InChI=1S/C21H19.C17H15.2CH3.2ClH.Si.Zr/c1-3-8-16(9-4-1)19-14-18-12-7-13-20(21(18)15-19)17-10-5-2-6-11-17;1-12-10-16-13(2)8-9-15(17(16)11-12)14-6-4-3-5-7-14;;;;;;/h1-3,5-7,10-16H,4,8-9H2;3-11H,1-2H3;2*1H3;2*1H;;/q4*-1;;;;. The van der Waals surface area contributed by atoms with Crippen LogP contribution in [0, 0.1) is 28.7 Å². The van der Waals surface area contributed by atoms with Crippen molar-refractivity contribution in [3.8, 4) is 22.3 Å². The van der Waals surface area contributed by atoms with Gasteiger partial charge in [0.25, 0.3) is 0 Å². The Morgan fingerprint density at radius 1 is 0.659 bits per heavy atom. The van der Waals surface area contributed by atoms with E-state index in [2.05, 4.69) is 148 Å². The van der Waals surface area contributed by atoms with Crippen LogP contribution in [-0.4, -0.2) is 6.88 Å². The van der Waals surface area contributed by atoms with Gasteiger partial charge in [0, 0.05) is 0 Å². The molecule has 1 atom stereocenters. The summed E-state index contributed by atoms with van der Waals surface area (Å²) in [5.74, 6) is 0.700. The fraction of sp³-hybridized carbons (Fsp3) is 0.150. The maximum atomic E-state index is 3.06. The van der Waals surface area contributed by atoms with Crippen molar-refractivity contribution < 1.29 is 23.3 Å². The van der Waals surface area contributed by atoms with E-state index in [0.29, 0.717) is 5.92 Å². The Kier molecular flexibility index (Phi) is 17.2. The molecule has 0 spiro atoms. The summed E-state index contributed by atoms with van der Waals surface area (Å²) < 4.78 is 0. The van der Waals surface area contributed by atoms with Gasteiger partial charge < -0.3 is 14.9 Å². The van der Waals surface area contributed by atoms with Gasteiger partial charge in [-0.25, -0.2) is 0 Å². The topological polar surface area (TPSA) is 0 Å². The molecule has 6 aromatic carbocycles. The third kappa shape index (κ3) is 9.04. The molecule has 0 nitrogen and oxygen atoms in total. The van der Waals surface area contributed by atoms with Crippen LogP contribution in [0.2, 0.25) is 0 Å². The fourth-order valence-corrected chi connectivity index (χ4v) is 5.92. The average molecular weight is 713 g/mol. The average Bonchev–Trinajstić information content (AvgIpc) is 3.64. The zero-order valence-electron chi connectivity index (χ0n) is 26.1. The summed E-state index contributed by atoms with van der Waals surface area (Å²) in [6.07, 6.45) is 8.35. The first-order valence-corrected chi connectivity index (χ1v) is 18.2. The van der Waals surface area contributed by atoms with Gasteiger partial charge in [0.1, 0.15) is 0 Å². The van der Waals surface area contributed by atoms with Gasteiger partial charge in [0.15, 0.2) is 0 Å². The van der Waals surface area contributed by atoms with Crippen LogP contribution in [0.25, 0.3) is 43.8 Å². The van der Waals surface area contributed by atoms with Crippen molar-refractivity contribution in [3.05, 3.63) is 159 Å². The molecule has 0 bridgehead atoms. The number of benzene rings is 4. The van der Waals surface area contributed by atoms with Crippen LogP contribution in [0.4, 0.5) is 0 Å². The van der Waals surface area contributed by atoms with Crippen molar-refractivity contribution in [1.82, 2.24) is 0 Å². The van der Waals surface area contributed by atoms with Crippen molar-refractivity contribution in [3.63, 3.8) is 0 Å². The molecule has 0 saturated carbocycles. The van der Waals surface area contributed by atoms with Crippen LogP contribution in [0.3, 0.4) is 0 Å². The zero-order valence-corrected chi connectivity index (χ0v) is 31.2. The Balaban J connectivity index is 0.000000390. The molecule has 0 aromatic heterocycles. The predicted octanol–water partition coefficient (Wildman–Crippen LogP) is 12.3. The molecule has 0 heterocycles. The molecule has 0 N–H and O–H groups in total. The molecule has 228 valence electrons. The van der Waals surface area contributed by atoms with E-state index >= 15 is 0 Å². The van der Waals surface area contributed by atoms with Gasteiger partial charge in [-0.3, -0.25) is 0 Å². The van der Waals surface area contributed by atoms with Gasteiger partial charge in [-0.1, -0.05) is 110 Å². The summed E-state index contributed by atoms with van der Waals surface area (Å²) in [4.78, 5) is 0. The van der Waals surface area contributed by atoms with Crippen molar-refractivity contribution in [2.75, 3.05) is 0 Å². The van der Waals surface area contributed by atoms with E-state index in [-0.39, 0.29) is 39.7 Å². The first-order valence-electron chi connectivity index (χ1n) is 14.0. The van der Waals surface area contributed by atoms with Crippen LogP contribution in [0.1, 0.15) is 41.9 Å². The second kappa shape index (κ2) is 19.1. The monoisotopic (exact) mass is 710 g/mol. The zero-order chi connectivity index (χ0) is 27.9. The molecule has 7 rings (SSSR count). The molecular formula is C40H42Cl2SiZr-4. The number of aryl methyl sites for hydroxylation is 2.